The average molecular weight is 1590 g/mol. The molecule has 0 aliphatic heterocycles. The van der Waals surface area contributed by atoms with E-state index in [0.29, 0.717) is 6.42 Å². The highest BCUT2D eigenvalue weighted by molar-refractivity contribution is 7.80. The number of carboxylic acid groups (broad SMARTS) is 2. The minimum absolute atomic E-state index is 0.0413. The number of aromatic amines is 1. The number of hydrogen-bond donors (Lipinski definition) is 25. The Bertz CT molecular complexity index is 3290. The molecule has 0 saturated heterocycles. The van der Waals surface area contributed by atoms with E-state index in [4.69, 9.17) is 34.4 Å². The van der Waals surface area contributed by atoms with E-state index >= 15 is 0 Å². The number of amides is 15. The predicted molar refractivity (Wildman–Crippen MR) is 399 cm³/mol. The number of aliphatic hydroxyl groups excluding tert-OH is 1. The smallest absolute Gasteiger partial charge is 0.326 e. The number of aliphatic hydroxyl groups is 1. The molecule has 614 valence electrons. The lowest BCUT2D eigenvalue weighted by Gasteiger charge is -2.30. The Morgan fingerprint density at radius 1 is 0.486 bits per heavy atom. The zero-order valence-corrected chi connectivity index (χ0v) is 64.4. The number of aliphatic imine (C=N–C) groups is 1. The van der Waals surface area contributed by atoms with Crippen LogP contribution in [0, 0.1) is 23.7 Å². The van der Waals surface area contributed by atoms with Gasteiger partial charge in [0.1, 0.15) is 72.5 Å². The highest BCUT2D eigenvalue weighted by Crippen LogP contribution is 2.15. The molecule has 0 fully saturated rings. The Morgan fingerprint density at radius 2 is 0.917 bits per heavy atom. The molecular weight excluding hydrogens is 1470 g/mol. The molecule has 0 aliphatic rings. The van der Waals surface area contributed by atoms with E-state index in [0.717, 1.165) is 6.92 Å². The Hall–Kier alpha value is -9.95. The van der Waals surface area contributed by atoms with E-state index in [1.54, 1.807) is 41.5 Å². The number of guanidine groups is 1. The number of imidazole rings is 1. The summed E-state index contributed by atoms with van der Waals surface area (Å²) in [5, 5.41) is 61.7. The zero-order valence-electron chi connectivity index (χ0n) is 62.6. The summed E-state index contributed by atoms with van der Waals surface area (Å²) in [6.45, 7) is 12.8. The second-order valence-electron chi connectivity index (χ2n) is 26.9. The summed E-state index contributed by atoms with van der Waals surface area (Å²) in [5.41, 5.74) is 33.4. The van der Waals surface area contributed by atoms with Gasteiger partial charge in [0, 0.05) is 49.2 Å². The monoisotopic (exact) mass is 1580 g/mol. The van der Waals surface area contributed by atoms with Crippen molar-refractivity contribution in [2.75, 3.05) is 31.1 Å². The third kappa shape index (κ3) is 36.2. The number of carbonyl (C=O) groups excluding carboxylic acids is 15. The minimum Gasteiger partial charge on any atom is -0.481 e. The summed E-state index contributed by atoms with van der Waals surface area (Å²) in [7, 11) is 0. The quantitative estimate of drug-likeness (QED) is 0.0125. The molecule has 0 aromatic carbocycles. The van der Waals surface area contributed by atoms with Crippen molar-refractivity contribution in [3.05, 3.63) is 18.2 Å². The van der Waals surface area contributed by atoms with Crippen LogP contribution in [-0.2, 0) is 87.9 Å². The molecule has 1 aromatic rings. The van der Waals surface area contributed by atoms with Gasteiger partial charge >= 0.3 is 11.9 Å². The summed E-state index contributed by atoms with van der Waals surface area (Å²) in [4.78, 5) is 238. The maximum absolute atomic E-state index is 14.6. The molecule has 0 unspecified atom stereocenters. The topological polar surface area (TPSA) is 704 Å². The van der Waals surface area contributed by atoms with Gasteiger partial charge in [-0.25, -0.2) is 9.78 Å². The average Bonchev–Trinajstić information content (AvgIpc) is 1.38. The van der Waals surface area contributed by atoms with Gasteiger partial charge in [-0.2, -0.15) is 25.3 Å². The molecule has 29 N–H and O–H groups in total. The number of primary amides is 2. The van der Waals surface area contributed by atoms with E-state index in [1.807, 2.05) is 0 Å². The molecule has 1 rings (SSSR count). The number of carboxylic acids is 2. The van der Waals surface area contributed by atoms with Crippen molar-refractivity contribution in [3.8, 4) is 0 Å². The first-order chi connectivity index (χ1) is 51.0. The van der Waals surface area contributed by atoms with Gasteiger partial charge in [-0.15, -0.1) is 0 Å². The fourth-order valence-corrected chi connectivity index (χ4v) is 10.7. The van der Waals surface area contributed by atoms with E-state index in [9.17, 15) is 96.8 Å². The third-order valence-corrected chi connectivity index (χ3v) is 17.5. The van der Waals surface area contributed by atoms with Crippen LogP contribution in [0.3, 0.4) is 0 Å². The second kappa shape index (κ2) is 49.9. The molecule has 0 aliphatic carbocycles. The SMILES string of the molecule is CC[C@H](C)[C@H](NC(=O)[C@H](CS)NC(=O)[C@H](CCCCN)NC(=O)[C@H](CCCN=C(N)N)NC(=O)[C@@H](NC(=O)[C@@H](NC(=O)[C@H](Cc1cnc[nH]1)NC(=O)[C@@H](NC(=O)CNC(=O)[C@H](CC(N)=O)NC(=O)[C@@H](N)CCC(N)=O)[C@@H](C)O)C(C)C)C(C)C)C(=O)N[C@@H](CCC(=O)O)C(=O)N[C@@H](CS)C(=O)N[C@H](C(=O)O)C(C)C. The molecule has 1 aromatic heterocycles. The van der Waals surface area contributed by atoms with E-state index in [1.165, 1.54) is 26.4 Å². The van der Waals surface area contributed by atoms with Crippen molar-refractivity contribution in [3.63, 3.8) is 0 Å². The van der Waals surface area contributed by atoms with Crippen LogP contribution in [0.1, 0.15) is 139 Å². The molecule has 109 heavy (non-hydrogen) atoms. The number of thiol groups is 2. The predicted octanol–water partition coefficient (Wildman–Crippen LogP) is -8.26. The number of carbonyl (C=O) groups is 17. The van der Waals surface area contributed by atoms with Crippen LogP contribution in [0.25, 0.3) is 0 Å². The summed E-state index contributed by atoms with van der Waals surface area (Å²) in [6.07, 6.45) is -1.29. The van der Waals surface area contributed by atoms with Gasteiger partial charge in [0.25, 0.3) is 0 Å². The van der Waals surface area contributed by atoms with Gasteiger partial charge in [0.15, 0.2) is 5.96 Å². The Balaban J connectivity index is 3.58. The normalized spacial score (nSPS) is 15.3. The lowest BCUT2D eigenvalue weighted by Crippen LogP contribution is -2.62. The number of hydrogen-bond acceptors (Lipinski definition) is 24. The first-order valence-corrected chi connectivity index (χ1v) is 36.6. The standard InChI is InChI=1S/C65H112N22O20S2/c1-10-32(8)50(62(104)78-38(17-19-46(92)93)56(98)82-41(26-108)58(100)86-49(31(6)7)64(106)107)87-59(101)42(27-109)81-55(97)36(14-11-12-20-66)76-54(96)37(15-13-21-73-65(70)71)77-60(102)47(29(2)3)85-61(103)48(30(4)5)84-57(99)39(22-34-24-72-28-75-34)80-63(105)51(33(9)88)83-45(91)25-74-53(95)40(23-44(69)90)79-52(94)35(67)16-18-43(68)89/h24,28-33,35-42,47-51,88,108-109H,10-23,25-27,66-67H2,1-9H3,(H2,68,89)(H2,69,90)(H,72,75)(H,74,95)(H,76,96)(H,77,102)(H,78,104)(H,79,94)(H,80,105)(H,81,97)(H,82,98)(H,83,91)(H,84,99)(H,85,103)(H,86,100)(H,87,101)(H,92,93)(H,106,107)(H4,70,71,73)/t32-,33+,35-,36-,37-,38-,39-,40-,41-,42-,47-,48-,49-,50-,51-/m0/s1. The van der Waals surface area contributed by atoms with Crippen molar-refractivity contribution in [2.45, 2.75) is 224 Å². The maximum Gasteiger partial charge on any atom is 0.326 e. The van der Waals surface area contributed by atoms with Crippen molar-refractivity contribution in [2.24, 2.45) is 63.1 Å². The van der Waals surface area contributed by atoms with Crippen LogP contribution in [0.15, 0.2) is 17.5 Å². The van der Waals surface area contributed by atoms with Gasteiger partial charge < -0.3 is 124 Å². The van der Waals surface area contributed by atoms with Crippen LogP contribution >= 0.6 is 25.3 Å². The summed E-state index contributed by atoms with van der Waals surface area (Å²) < 4.78 is 0. The number of aromatic nitrogens is 2. The van der Waals surface area contributed by atoms with Crippen LogP contribution in [0.5, 0.6) is 0 Å². The van der Waals surface area contributed by atoms with Crippen LogP contribution < -0.4 is 104 Å². The zero-order chi connectivity index (χ0) is 83.1. The molecule has 15 amide bonds. The van der Waals surface area contributed by atoms with E-state index in [2.05, 4.69) is 109 Å². The number of aliphatic carboxylic acids is 2. The van der Waals surface area contributed by atoms with Gasteiger partial charge in [0.05, 0.1) is 31.4 Å². The molecule has 0 spiro atoms. The Kier molecular flexibility index (Phi) is 44.4. The van der Waals surface area contributed by atoms with Gasteiger partial charge in [-0.1, -0.05) is 61.8 Å². The number of unbranched alkanes of at least 4 members (excludes halogenated alkanes) is 1. The number of nitrogens with zero attached hydrogens (tertiary/aromatic N) is 2. The molecule has 42 nitrogen and oxygen atoms in total. The van der Waals surface area contributed by atoms with Crippen molar-refractivity contribution in [1.82, 2.24) is 79.1 Å². The lowest BCUT2D eigenvalue weighted by molar-refractivity contribution is -0.143. The van der Waals surface area contributed by atoms with Crippen molar-refractivity contribution >= 4 is 132 Å². The minimum atomic E-state index is -1.83. The number of rotatable bonds is 53. The van der Waals surface area contributed by atoms with Crippen LogP contribution in [-0.4, -0.2) is 248 Å². The number of nitrogens with two attached hydrogens (primary N) is 6. The summed E-state index contributed by atoms with van der Waals surface area (Å²) >= 11 is 8.42. The molecule has 0 radical (unpaired) electrons. The van der Waals surface area contributed by atoms with Gasteiger partial charge in [0.2, 0.25) is 88.6 Å². The van der Waals surface area contributed by atoms with Crippen LogP contribution in [0.2, 0.25) is 0 Å². The largest absolute Gasteiger partial charge is 0.481 e. The van der Waals surface area contributed by atoms with Crippen LogP contribution in [0.4, 0.5) is 0 Å². The Morgan fingerprint density at radius 3 is 1.37 bits per heavy atom. The first-order valence-electron chi connectivity index (χ1n) is 35.3. The molecule has 44 heteroatoms. The second-order valence-corrected chi connectivity index (χ2v) is 27.7. The highest BCUT2D eigenvalue weighted by Gasteiger charge is 2.39. The van der Waals surface area contributed by atoms with Gasteiger partial charge in [-0.05, 0) is 82.1 Å². The number of H-pyrrole nitrogens is 1. The summed E-state index contributed by atoms with van der Waals surface area (Å²) in [6, 6.07) is -19.8. The van der Waals surface area contributed by atoms with Crippen molar-refractivity contribution < 1.29 is 96.8 Å². The lowest BCUT2D eigenvalue weighted by atomic mass is 9.97. The Labute approximate surface area is 641 Å². The summed E-state index contributed by atoms with van der Waals surface area (Å²) in [5.74, 6) is -21.4. The van der Waals surface area contributed by atoms with Crippen molar-refractivity contribution in [1.29, 1.82) is 0 Å². The van der Waals surface area contributed by atoms with Gasteiger partial charge in [-0.3, -0.25) is 81.7 Å². The highest BCUT2D eigenvalue weighted by atomic mass is 32.1. The molecule has 1 heterocycles. The first kappa shape index (κ1) is 97.1. The molecular formula is C65H112N22O20S2. The van der Waals surface area contributed by atoms with E-state index in [-0.39, 0.29) is 81.9 Å². The molecule has 0 saturated carbocycles. The maximum atomic E-state index is 14.6. The molecule has 15 atom stereocenters. The third-order valence-electron chi connectivity index (χ3n) is 16.8. The molecule has 0 bridgehead atoms. The van der Waals surface area contributed by atoms with E-state index < -0.39 is 240 Å². The fraction of sp³-hybridized carbons (Fsp3) is 0.677. The number of nitrogens with one attached hydrogen (secondary N) is 14. The fourth-order valence-electron chi connectivity index (χ4n) is 10.2.